The van der Waals surface area contributed by atoms with Gasteiger partial charge in [0.25, 0.3) is 5.91 Å². The molecule has 3 N–H and O–H groups in total. The fourth-order valence-corrected chi connectivity index (χ4v) is 2.02. The average molecular weight is 218 g/mol. The average Bonchev–Trinajstić information content (AvgIpc) is 2.27. The number of nitrogens with zero attached hydrogens (tertiary/aromatic N) is 1. The number of amides is 3. The van der Waals surface area contributed by atoms with E-state index in [0.717, 1.165) is 0 Å². The SMILES string of the molecule is O=C1NC(=O)C2NC3C=CC=CC3N=C2N1. The van der Waals surface area contributed by atoms with Gasteiger partial charge in [0.1, 0.15) is 11.9 Å². The number of carbonyl (C=O) groups excluding carboxylic acids is 2. The summed E-state index contributed by atoms with van der Waals surface area (Å²) in [5.41, 5.74) is 0. The highest BCUT2D eigenvalue weighted by molar-refractivity contribution is 6.21. The molecule has 0 aromatic carbocycles. The van der Waals surface area contributed by atoms with Gasteiger partial charge in [0, 0.05) is 0 Å². The lowest BCUT2D eigenvalue weighted by Crippen LogP contribution is -2.68. The first-order valence-electron chi connectivity index (χ1n) is 5.04. The van der Waals surface area contributed by atoms with Crippen LogP contribution in [0.5, 0.6) is 0 Å². The van der Waals surface area contributed by atoms with Crippen molar-refractivity contribution in [1.82, 2.24) is 16.0 Å². The smallest absolute Gasteiger partial charge is 0.294 e. The van der Waals surface area contributed by atoms with Crippen LogP contribution in [-0.2, 0) is 4.79 Å². The second kappa shape index (κ2) is 3.28. The molecule has 0 aromatic heterocycles. The number of allylic oxidation sites excluding steroid dienone is 2. The number of imide groups is 1. The molecule has 1 fully saturated rings. The van der Waals surface area contributed by atoms with E-state index in [-0.39, 0.29) is 18.0 Å². The molecule has 0 radical (unpaired) electrons. The number of fused-ring (bicyclic) bond motifs is 2. The molecule has 6 heteroatoms. The van der Waals surface area contributed by atoms with Crippen LogP contribution in [0.4, 0.5) is 4.79 Å². The minimum Gasteiger partial charge on any atom is -0.294 e. The van der Waals surface area contributed by atoms with Crippen LogP contribution >= 0.6 is 0 Å². The van der Waals surface area contributed by atoms with Crippen molar-refractivity contribution in [3.05, 3.63) is 24.3 Å². The molecular weight excluding hydrogens is 208 g/mol. The Morgan fingerprint density at radius 2 is 1.94 bits per heavy atom. The molecular formula is C10H10N4O2. The van der Waals surface area contributed by atoms with Crippen molar-refractivity contribution in [3.8, 4) is 0 Å². The van der Waals surface area contributed by atoms with Crippen molar-refractivity contribution < 1.29 is 9.59 Å². The number of hydrogen-bond donors (Lipinski definition) is 3. The van der Waals surface area contributed by atoms with Crippen molar-refractivity contribution in [2.75, 3.05) is 0 Å². The Bertz CT molecular complexity index is 452. The summed E-state index contributed by atoms with van der Waals surface area (Å²) in [5.74, 6) is 0.0406. The molecule has 0 saturated carbocycles. The third-order valence-electron chi connectivity index (χ3n) is 2.77. The van der Waals surface area contributed by atoms with Crippen LogP contribution in [0.25, 0.3) is 0 Å². The fraction of sp³-hybridized carbons (Fsp3) is 0.300. The molecule has 1 aliphatic carbocycles. The molecule has 3 atom stereocenters. The molecule has 2 aliphatic heterocycles. The van der Waals surface area contributed by atoms with Crippen molar-refractivity contribution in [2.45, 2.75) is 18.1 Å². The zero-order valence-corrected chi connectivity index (χ0v) is 8.31. The molecule has 16 heavy (non-hydrogen) atoms. The molecule has 3 aliphatic rings. The van der Waals surface area contributed by atoms with E-state index in [1.807, 2.05) is 24.3 Å². The van der Waals surface area contributed by atoms with Gasteiger partial charge in [0.15, 0.2) is 0 Å². The summed E-state index contributed by atoms with van der Waals surface area (Å²) in [5, 5.41) is 7.87. The molecule has 1 saturated heterocycles. The summed E-state index contributed by atoms with van der Waals surface area (Å²) in [4.78, 5) is 27.0. The number of rotatable bonds is 0. The molecule has 82 valence electrons. The zero-order valence-electron chi connectivity index (χ0n) is 8.31. The van der Waals surface area contributed by atoms with Crippen LogP contribution in [0, 0.1) is 0 Å². The van der Waals surface area contributed by atoms with Crippen LogP contribution in [0.15, 0.2) is 29.3 Å². The lowest BCUT2D eigenvalue weighted by Gasteiger charge is -2.35. The topological polar surface area (TPSA) is 82.6 Å². The Morgan fingerprint density at radius 1 is 1.12 bits per heavy atom. The third-order valence-corrected chi connectivity index (χ3v) is 2.77. The Balaban J connectivity index is 1.95. The first-order chi connectivity index (χ1) is 7.74. The Morgan fingerprint density at radius 3 is 2.81 bits per heavy atom. The highest BCUT2D eigenvalue weighted by Crippen LogP contribution is 2.15. The van der Waals surface area contributed by atoms with Crippen molar-refractivity contribution in [1.29, 1.82) is 0 Å². The van der Waals surface area contributed by atoms with Crippen LogP contribution in [0.3, 0.4) is 0 Å². The highest BCUT2D eigenvalue weighted by Gasteiger charge is 2.38. The first kappa shape index (κ1) is 9.29. The number of hydrogen-bond acceptors (Lipinski definition) is 4. The highest BCUT2D eigenvalue weighted by atomic mass is 16.2. The van der Waals surface area contributed by atoms with Gasteiger partial charge in [-0.1, -0.05) is 24.3 Å². The van der Waals surface area contributed by atoms with E-state index in [4.69, 9.17) is 0 Å². The molecule has 6 nitrogen and oxygen atoms in total. The predicted octanol–water partition coefficient (Wildman–Crippen LogP) is -0.941. The number of urea groups is 1. The van der Waals surface area contributed by atoms with Gasteiger partial charge in [0.2, 0.25) is 0 Å². The Labute approximate surface area is 91.5 Å². The van der Waals surface area contributed by atoms with E-state index in [0.29, 0.717) is 5.84 Å². The van der Waals surface area contributed by atoms with Crippen LogP contribution < -0.4 is 16.0 Å². The summed E-state index contributed by atoms with van der Waals surface area (Å²) < 4.78 is 0. The van der Waals surface area contributed by atoms with Crippen molar-refractivity contribution in [2.24, 2.45) is 4.99 Å². The van der Waals surface area contributed by atoms with Gasteiger partial charge in [-0.15, -0.1) is 0 Å². The molecule has 0 bridgehead atoms. The number of aliphatic imine (C=N–C) groups is 1. The van der Waals surface area contributed by atoms with E-state index in [2.05, 4.69) is 20.9 Å². The number of nitrogens with one attached hydrogen (secondary N) is 3. The van der Waals surface area contributed by atoms with Crippen LogP contribution in [0.2, 0.25) is 0 Å². The van der Waals surface area contributed by atoms with Gasteiger partial charge >= 0.3 is 6.03 Å². The molecule has 3 unspecified atom stereocenters. The van der Waals surface area contributed by atoms with Gasteiger partial charge in [-0.05, 0) is 0 Å². The van der Waals surface area contributed by atoms with E-state index < -0.39 is 12.1 Å². The van der Waals surface area contributed by atoms with Crippen LogP contribution in [0.1, 0.15) is 0 Å². The standard InChI is InChI=1S/C10H10N4O2/c15-9-7-8(13-10(16)14-9)12-6-4-2-1-3-5(6)11-7/h1-7,11H,(H2,12,13,14,15,16). The maximum atomic E-state index is 11.6. The predicted molar refractivity (Wildman–Crippen MR) is 56.9 cm³/mol. The van der Waals surface area contributed by atoms with Gasteiger partial charge in [-0.3, -0.25) is 25.7 Å². The number of carbonyl (C=O) groups is 2. The first-order valence-corrected chi connectivity index (χ1v) is 5.04. The minimum atomic E-state index is -0.560. The van der Waals surface area contributed by atoms with Crippen molar-refractivity contribution >= 4 is 17.8 Å². The van der Waals surface area contributed by atoms with E-state index in [1.54, 1.807) is 0 Å². The monoisotopic (exact) mass is 218 g/mol. The summed E-state index contributed by atoms with van der Waals surface area (Å²) in [6, 6.07) is -1.12. The van der Waals surface area contributed by atoms with Gasteiger partial charge < -0.3 is 0 Å². The normalized spacial score (nSPS) is 35.8. The molecule has 0 aromatic rings. The third kappa shape index (κ3) is 1.35. The summed E-state index contributed by atoms with van der Waals surface area (Å²) >= 11 is 0. The maximum absolute atomic E-state index is 11.6. The second-order valence-corrected chi connectivity index (χ2v) is 3.84. The van der Waals surface area contributed by atoms with Gasteiger partial charge in [-0.25, -0.2) is 4.79 Å². The van der Waals surface area contributed by atoms with Crippen molar-refractivity contribution in [3.63, 3.8) is 0 Å². The molecule has 3 rings (SSSR count). The number of amidine groups is 1. The Hall–Kier alpha value is -1.95. The minimum absolute atomic E-state index is 0.0134. The lowest BCUT2D eigenvalue weighted by atomic mass is 9.98. The molecule has 2 heterocycles. The lowest BCUT2D eigenvalue weighted by molar-refractivity contribution is -0.121. The quantitative estimate of drug-likeness (QED) is 0.490. The van der Waals surface area contributed by atoms with Gasteiger partial charge in [-0.2, -0.15) is 0 Å². The summed E-state index contributed by atoms with van der Waals surface area (Å²) in [6.45, 7) is 0. The summed E-state index contributed by atoms with van der Waals surface area (Å²) in [6.07, 6.45) is 7.69. The second-order valence-electron chi connectivity index (χ2n) is 3.84. The molecule has 3 amide bonds. The maximum Gasteiger partial charge on any atom is 0.326 e. The fourth-order valence-electron chi connectivity index (χ4n) is 2.02. The molecule has 0 spiro atoms. The zero-order chi connectivity index (χ0) is 11.1. The van der Waals surface area contributed by atoms with E-state index in [9.17, 15) is 9.59 Å². The van der Waals surface area contributed by atoms with E-state index >= 15 is 0 Å². The van der Waals surface area contributed by atoms with E-state index in [1.165, 1.54) is 0 Å². The van der Waals surface area contributed by atoms with Crippen LogP contribution in [-0.4, -0.2) is 35.9 Å². The summed E-state index contributed by atoms with van der Waals surface area (Å²) in [7, 11) is 0. The van der Waals surface area contributed by atoms with Gasteiger partial charge in [0.05, 0.1) is 12.1 Å². The Kier molecular flexibility index (Phi) is 1.90. The largest absolute Gasteiger partial charge is 0.326 e.